The number of ether oxygens (including phenoxy) is 3. The van der Waals surface area contributed by atoms with Gasteiger partial charge in [0.2, 0.25) is 15.0 Å². The van der Waals surface area contributed by atoms with E-state index >= 15 is 0 Å². The highest BCUT2D eigenvalue weighted by Crippen LogP contribution is 2.45. The van der Waals surface area contributed by atoms with E-state index in [4.69, 9.17) is 14.2 Å². The smallest absolute Gasteiger partial charge is 0.410 e. The maximum atomic E-state index is 15.0. The number of hydrogen-bond donors (Lipinski definition) is 1. The summed E-state index contributed by atoms with van der Waals surface area (Å²) in [6.45, 7) is 10.8. The Balaban J connectivity index is 1.59. The molecule has 2 aliphatic rings. The average molecular weight is 651 g/mol. The Hall–Kier alpha value is -3.25. The van der Waals surface area contributed by atoms with Gasteiger partial charge in [-0.2, -0.15) is 0 Å². The van der Waals surface area contributed by atoms with E-state index in [0.29, 0.717) is 30.5 Å². The van der Waals surface area contributed by atoms with Gasteiger partial charge in [0.05, 0.1) is 19.1 Å². The molecule has 0 spiro atoms. The zero-order chi connectivity index (χ0) is 33.2. The predicted molar refractivity (Wildman–Crippen MR) is 166 cm³/mol. The minimum atomic E-state index is -4.27. The number of carbonyl (C=O) groups excluding carboxylic acids is 2. The van der Waals surface area contributed by atoms with Gasteiger partial charge in [-0.3, -0.25) is 4.79 Å². The molecule has 0 radical (unpaired) electrons. The molecule has 248 valence electrons. The molecule has 1 aliphatic carbocycles. The van der Waals surface area contributed by atoms with Crippen LogP contribution < -0.4 is 9.46 Å². The number of para-hydroxylation sites is 1. The van der Waals surface area contributed by atoms with Crippen LogP contribution in [0.1, 0.15) is 79.2 Å². The maximum Gasteiger partial charge on any atom is 0.410 e. The fraction of sp³-hybridized carbons (Fsp3) is 0.576. The number of rotatable bonds is 10. The molecule has 1 aliphatic heterocycles. The van der Waals surface area contributed by atoms with Crippen molar-refractivity contribution in [2.75, 3.05) is 13.2 Å². The van der Waals surface area contributed by atoms with E-state index in [1.54, 1.807) is 65.8 Å². The summed E-state index contributed by atoms with van der Waals surface area (Å²) in [7, 11) is -4.27. The molecular weight excluding hydrogens is 606 g/mol. The lowest BCUT2D eigenvalue weighted by Gasteiger charge is -2.42. The van der Waals surface area contributed by atoms with Crippen LogP contribution in [0.2, 0.25) is 0 Å². The van der Waals surface area contributed by atoms with Gasteiger partial charge in [-0.1, -0.05) is 36.4 Å². The molecule has 0 bridgehead atoms. The Morgan fingerprint density at radius 2 is 1.69 bits per heavy atom. The van der Waals surface area contributed by atoms with Gasteiger partial charge in [-0.15, -0.1) is 0 Å². The quantitative estimate of drug-likeness (QED) is 0.301. The molecule has 1 amide bonds. The Bertz CT molecular complexity index is 1500. The minimum Gasteiger partial charge on any atom is -0.489 e. The third kappa shape index (κ3) is 9.16. The van der Waals surface area contributed by atoms with E-state index in [2.05, 4.69) is 4.72 Å². The first-order valence-corrected chi connectivity index (χ1v) is 16.8. The van der Waals surface area contributed by atoms with Crippen molar-refractivity contribution in [1.82, 2.24) is 9.62 Å². The zero-order valence-electron chi connectivity index (χ0n) is 26.8. The Morgan fingerprint density at radius 1 is 1.02 bits per heavy atom. The largest absolute Gasteiger partial charge is 0.489 e. The molecule has 1 N–H and O–H groups in total. The molecule has 1 saturated carbocycles. The highest BCUT2D eigenvalue weighted by molar-refractivity contribution is 7.91. The molecule has 9 nitrogen and oxygen atoms in total. The van der Waals surface area contributed by atoms with Crippen LogP contribution >= 0.6 is 0 Å². The van der Waals surface area contributed by atoms with Crippen LogP contribution in [0.5, 0.6) is 5.75 Å². The number of nitrogens with zero attached hydrogens (tertiary/aromatic N) is 1. The van der Waals surface area contributed by atoms with Crippen molar-refractivity contribution in [3.8, 4) is 16.9 Å². The summed E-state index contributed by atoms with van der Waals surface area (Å²) in [4.78, 5) is 27.0. The number of benzene rings is 2. The monoisotopic (exact) mass is 650 g/mol. The van der Waals surface area contributed by atoms with Gasteiger partial charge < -0.3 is 19.1 Å². The number of nitrogens with one attached hydrogen (secondary N) is 1. The summed E-state index contributed by atoms with van der Waals surface area (Å²) in [5.74, 6) is -1.08. The number of esters is 1. The van der Waals surface area contributed by atoms with Gasteiger partial charge in [0.1, 0.15) is 11.2 Å². The summed E-state index contributed by atoms with van der Waals surface area (Å²) in [5.41, 5.74) is 0.391. The first kappa shape index (κ1) is 34.6. The normalized spacial score (nSPS) is 20.0. The molecule has 2 aromatic carbocycles. The summed E-state index contributed by atoms with van der Waals surface area (Å²) < 4.78 is 74.8. The lowest BCUT2D eigenvalue weighted by atomic mass is 9.90. The summed E-state index contributed by atoms with van der Waals surface area (Å²) in [6.07, 6.45) is 0.378. The number of halogens is 2. The lowest BCUT2D eigenvalue weighted by Crippen LogP contribution is -2.59. The van der Waals surface area contributed by atoms with Crippen molar-refractivity contribution in [1.29, 1.82) is 0 Å². The number of piperidine rings is 1. The van der Waals surface area contributed by atoms with Gasteiger partial charge in [-0.05, 0) is 78.0 Å². The van der Waals surface area contributed by atoms with Crippen LogP contribution in [-0.4, -0.2) is 66.8 Å². The summed E-state index contributed by atoms with van der Waals surface area (Å²) >= 11 is 0. The van der Waals surface area contributed by atoms with Gasteiger partial charge in [0.25, 0.3) is 0 Å². The summed E-state index contributed by atoms with van der Waals surface area (Å²) in [5, 5.41) is -2.29. The van der Waals surface area contributed by atoms with Crippen LogP contribution in [-0.2, 0) is 30.7 Å². The van der Waals surface area contributed by atoms with Crippen LogP contribution in [0.3, 0.4) is 0 Å². The van der Waals surface area contributed by atoms with Gasteiger partial charge in [0.15, 0.2) is 11.6 Å². The van der Waals surface area contributed by atoms with Crippen LogP contribution in [0.15, 0.2) is 42.5 Å². The third-order valence-corrected chi connectivity index (χ3v) is 9.45. The molecule has 2 atom stereocenters. The molecule has 1 heterocycles. The summed E-state index contributed by atoms with van der Waals surface area (Å²) in [6, 6.07) is 10.3. The molecule has 2 fully saturated rings. The van der Waals surface area contributed by atoms with E-state index in [-0.39, 0.29) is 38.0 Å². The van der Waals surface area contributed by atoms with Gasteiger partial charge in [0, 0.05) is 31.0 Å². The second kappa shape index (κ2) is 13.2. The van der Waals surface area contributed by atoms with E-state index < -0.39 is 56.2 Å². The van der Waals surface area contributed by atoms with Gasteiger partial charge in [-0.25, -0.2) is 26.7 Å². The fourth-order valence-electron chi connectivity index (χ4n) is 5.29. The molecule has 1 saturated heterocycles. The predicted octanol–water partition coefficient (Wildman–Crippen LogP) is 6.29. The number of likely N-dealkylation sites (tertiary alicyclic amines) is 1. The number of alkyl halides is 1. The number of sulfonamides is 1. The van der Waals surface area contributed by atoms with Crippen LogP contribution in [0, 0.1) is 5.82 Å². The number of carbonyl (C=O) groups is 2. The third-order valence-electron chi connectivity index (χ3n) is 7.46. The second-order valence-corrected chi connectivity index (χ2v) is 15.7. The van der Waals surface area contributed by atoms with Crippen LogP contribution in [0.25, 0.3) is 11.1 Å². The van der Waals surface area contributed by atoms with Crippen molar-refractivity contribution in [3.63, 3.8) is 0 Å². The lowest BCUT2D eigenvalue weighted by molar-refractivity contribution is -0.155. The highest BCUT2D eigenvalue weighted by atomic mass is 32.2. The number of amides is 1. The van der Waals surface area contributed by atoms with E-state index in [9.17, 15) is 26.8 Å². The van der Waals surface area contributed by atoms with Crippen molar-refractivity contribution >= 4 is 22.1 Å². The number of hydrogen-bond acceptors (Lipinski definition) is 7. The molecule has 2 aromatic rings. The molecular formula is C33H44F2N2O7S. The zero-order valence-corrected chi connectivity index (χ0v) is 27.6. The van der Waals surface area contributed by atoms with Crippen LogP contribution in [0.4, 0.5) is 13.6 Å². The highest BCUT2D eigenvalue weighted by Gasteiger charge is 2.57. The Kier molecular flexibility index (Phi) is 10.2. The molecule has 0 unspecified atom stereocenters. The van der Waals surface area contributed by atoms with E-state index in [1.165, 1.54) is 11.0 Å². The van der Waals surface area contributed by atoms with Gasteiger partial charge >= 0.3 is 12.1 Å². The molecule has 4 rings (SSSR count). The van der Waals surface area contributed by atoms with Crippen molar-refractivity contribution < 1.29 is 41.0 Å². The Labute approximate surface area is 264 Å². The van der Waals surface area contributed by atoms with E-state index in [1.807, 2.05) is 12.1 Å². The Morgan fingerprint density at radius 3 is 2.33 bits per heavy atom. The van der Waals surface area contributed by atoms with E-state index in [0.717, 1.165) is 5.56 Å². The molecule has 12 heteroatoms. The molecule has 0 aromatic heterocycles. The molecule has 45 heavy (non-hydrogen) atoms. The SMILES string of the molecule is CC(C)(C)OC(=O)CCOc1c(F)cccc1-c1cccc(C[C@H]2[C@@H](NS(=O)(=O)C3(F)CC3)CCCN2C(=O)OC(C)(C)C)c1. The van der Waals surface area contributed by atoms with Crippen molar-refractivity contribution in [3.05, 3.63) is 53.8 Å². The van der Waals surface area contributed by atoms with Crippen molar-refractivity contribution in [2.24, 2.45) is 0 Å². The fourth-order valence-corrected chi connectivity index (χ4v) is 6.81. The minimum absolute atomic E-state index is 0.0189. The standard InChI is InChI=1S/C33H44F2N2O7S/c1-31(2,3)43-28(38)15-19-42-29-24(12-8-13-25(29)34)23-11-7-10-22(20-23)21-27-26(36-45(40,41)33(35)16-17-33)14-9-18-37(27)30(39)44-32(4,5)6/h7-8,10-13,20,26-27,36H,9,14-19,21H2,1-6H3/t26-,27-/m0/s1. The van der Waals surface area contributed by atoms with Crippen molar-refractivity contribution in [2.45, 2.75) is 108 Å². The maximum absolute atomic E-state index is 15.0. The first-order chi connectivity index (χ1) is 20.9. The topological polar surface area (TPSA) is 111 Å². The first-order valence-electron chi connectivity index (χ1n) is 15.3. The average Bonchev–Trinajstić information content (AvgIpc) is 3.68. The second-order valence-electron chi connectivity index (χ2n) is 13.7.